The molecule has 19 heavy (non-hydrogen) atoms. The molecule has 0 saturated heterocycles. The fourth-order valence-corrected chi connectivity index (χ4v) is 1.60. The molecule has 6 nitrogen and oxygen atoms in total. The van der Waals surface area contributed by atoms with E-state index in [1.54, 1.807) is 6.07 Å². The van der Waals surface area contributed by atoms with Gasteiger partial charge in [-0.05, 0) is 24.6 Å². The molecule has 0 aliphatic carbocycles. The fourth-order valence-electron chi connectivity index (χ4n) is 1.60. The van der Waals surface area contributed by atoms with Crippen molar-refractivity contribution in [2.24, 2.45) is 5.73 Å². The van der Waals surface area contributed by atoms with Crippen LogP contribution in [0.5, 0.6) is 0 Å². The lowest BCUT2D eigenvalue weighted by molar-refractivity contribution is -0.125. The van der Waals surface area contributed by atoms with Crippen molar-refractivity contribution < 1.29 is 14.7 Å². The van der Waals surface area contributed by atoms with Crippen molar-refractivity contribution in [3.8, 4) is 0 Å². The highest BCUT2D eigenvalue weighted by Crippen LogP contribution is 2.17. The van der Waals surface area contributed by atoms with Gasteiger partial charge in [0, 0.05) is 25.2 Å². The van der Waals surface area contributed by atoms with E-state index < -0.39 is 12.0 Å². The second-order valence-electron chi connectivity index (χ2n) is 4.35. The van der Waals surface area contributed by atoms with Crippen molar-refractivity contribution >= 4 is 17.5 Å². The molecule has 5 N–H and O–H groups in total. The lowest BCUT2D eigenvalue weighted by Crippen LogP contribution is -2.38. The first-order chi connectivity index (χ1) is 8.90. The fraction of sp³-hybridized carbons (Fsp3) is 0.385. The molecule has 0 aromatic heterocycles. The summed E-state index contributed by atoms with van der Waals surface area (Å²) in [6.45, 7) is 3.42. The molecule has 6 heteroatoms. The van der Waals surface area contributed by atoms with Gasteiger partial charge in [-0.2, -0.15) is 0 Å². The highest BCUT2D eigenvalue weighted by Gasteiger charge is 2.13. The van der Waals surface area contributed by atoms with E-state index in [2.05, 4.69) is 10.6 Å². The third-order valence-corrected chi connectivity index (χ3v) is 2.65. The van der Waals surface area contributed by atoms with Crippen molar-refractivity contribution in [1.29, 1.82) is 0 Å². The van der Waals surface area contributed by atoms with Gasteiger partial charge in [0.2, 0.25) is 11.8 Å². The molecule has 2 amide bonds. The summed E-state index contributed by atoms with van der Waals surface area (Å²) < 4.78 is 0. The normalized spacial score (nSPS) is 13.6. The summed E-state index contributed by atoms with van der Waals surface area (Å²) in [5, 5.41) is 15.0. The van der Waals surface area contributed by atoms with E-state index in [-0.39, 0.29) is 18.5 Å². The Morgan fingerprint density at radius 2 is 2.11 bits per heavy atom. The van der Waals surface area contributed by atoms with Gasteiger partial charge in [-0.15, -0.1) is 0 Å². The number of nitrogens with one attached hydrogen (secondary N) is 2. The van der Waals surface area contributed by atoms with Crippen LogP contribution in [0.2, 0.25) is 0 Å². The number of anilines is 1. The summed E-state index contributed by atoms with van der Waals surface area (Å²) in [7, 11) is 0. The molecule has 1 rings (SSSR count). The van der Waals surface area contributed by atoms with Crippen molar-refractivity contribution in [2.75, 3.05) is 11.9 Å². The monoisotopic (exact) mass is 265 g/mol. The van der Waals surface area contributed by atoms with Gasteiger partial charge in [0.25, 0.3) is 0 Å². The van der Waals surface area contributed by atoms with Crippen molar-refractivity contribution in [3.63, 3.8) is 0 Å². The number of nitrogens with two attached hydrogens (primary N) is 1. The lowest BCUT2D eigenvalue weighted by Gasteiger charge is -2.16. The second kappa shape index (κ2) is 6.86. The number of carbonyl (C=O) groups excluding carboxylic acids is 2. The number of aliphatic hydroxyl groups is 1. The molecular formula is C13H19N3O3. The molecule has 0 fully saturated rings. The van der Waals surface area contributed by atoms with E-state index >= 15 is 0 Å². The molecule has 0 aliphatic rings. The Bertz CT molecular complexity index is 462. The Morgan fingerprint density at radius 1 is 1.42 bits per heavy atom. The highest BCUT2D eigenvalue weighted by molar-refractivity contribution is 5.88. The van der Waals surface area contributed by atoms with E-state index in [1.807, 2.05) is 25.1 Å². The maximum absolute atomic E-state index is 11.0. The minimum atomic E-state index is -1.21. The molecule has 0 heterocycles. The summed E-state index contributed by atoms with van der Waals surface area (Å²) in [6, 6.07) is 7.25. The van der Waals surface area contributed by atoms with E-state index in [0.29, 0.717) is 5.69 Å². The number of hydrogen-bond acceptors (Lipinski definition) is 4. The quantitative estimate of drug-likeness (QED) is 0.587. The predicted molar refractivity (Wildman–Crippen MR) is 72.4 cm³/mol. The minimum Gasteiger partial charge on any atom is -0.382 e. The molecular weight excluding hydrogens is 246 g/mol. The number of aliphatic hydroxyl groups excluding tert-OH is 1. The van der Waals surface area contributed by atoms with E-state index in [1.165, 1.54) is 6.92 Å². The lowest BCUT2D eigenvalue weighted by atomic mass is 10.1. The summed E-state index contributed by atoms with van der Waals surface area (Å²) in [5.74, 6) is -0.895. The maximum atomic E-state index is 11.0. The zero-order valence-electron chi connectivity index (χ0n) is 11.0. The molecule has 2 atom stereocenters. The van der Waals surface area contributed by atoms with Crippen LogP contribution in [0.15, 0.2) is 24.3 Å². The van der Waals surface area contributed by atoms with Crippen LogP contribution in [0.1, 0.15) is 25.5 Å². The first-order valence-electron chi connectivity index (χ1n) is 5.98. The number of benzene rings is 1. The molecule has 0 radical (unpaired) electrons. The van der Waals surface area contributed by atoms with E-state index in [0.717, 1.165) is 5.56 Å². The standard InChI is InChI=1S/C13H19N3O3/c1-8(15-7-12(18)13(14)19)10-4-3-5-11(6-10)16-9(2)17/h3-6,8,12,15,18H,7H2,1-2H3,(H2,14,19)(H,16,17). The highest BCUT2D eigenvalue weighted by atomic mass is 16.3. The van der Waals surface area contributed by atoms with Crippen LogP contribution < -0.4 is 16.4 Å². The van der Waals surface area contributed by atoms with Crippen LogP contribution in [-0.4, -0.2) is 29.6 Å². The number of carbonyl (C=O) groups is 2. The Kier molecular flexibility index (Phi) is 5.47. The Hall–Kier alpha value is -1.92. The van der Waals surface area contributed by atoms with Gasteiger partial charge in [-0.3, -0.25) is 9.59 Å². The average Bonchev–Trinajstić information content (AvgIpc) is 2.34. The zero-order valence-corrected chi connectivity index (χ0v) is 11.0. The Labute approximate surface area is 112 Å². The van der Waals surface area contributed by atoms with E-state index in [4.69, 9.17) is 5.73 Å². The maximum Gasteiger partial charge on any atom is 0.247 e. The number of amides is 2. The number of primary amides is 1. The molecule has 2 unspecified atom stereocenters. The number of rotatable bonds is 6. The third-order valence-electron chi connectivity index (χ3n) is 2.65. The van der Waals surface area contributed by atoms with Crippen molar-refractivity contribution in [2.45, 2.75) is 26.0 Å². The number of hydrogen-bond donors (Lipinski definition) is 4. The van der Waals surface area contributed by atoms with Crippen LogP contribution >= 0.6 is 0 Å². The summed E-state index contributed by atoms with van der Waals surface area (Å²) >= 11 is 0. The van der Waals surface area contributed by atoms with Crippen LogP contribution in [0, 0.1) is 0 Å². The summed E-state index contributed by atoms with van der Waals surface area (Å²) in [4.78, 5) is 21.7. The molecule has 0 aliphatic heterocycles. The van der Waals surface area contributed by atoms with E-state index in [9.17, 15) is 14.7 Å². The first kappa shape index (κ1) is 15.1. The summed E-state index contributed by atoms with van der Waals surface area (Å²) in [5.41, 5.74) is 6.60. The van der Waals surface area contributed by atoms with Gasteiger partial charge in [0.05, 0.1) is 0 Å². The molecule has 0 spiro atoms. The van der Waals surface area contributed by atoms with Gasteiger partial charge in [-0.25, -0.2) is 0 Å². The topological polar surface area (TPSA) is 104 Å². The van der Waals surface area contributed by atoms with Crippen LogP contribution in [-0.2, 0) is 9.59 Å². The molecule has 1 aromatic carbocycles. The Balaban J connectivity index is 2.63. The third kappa shape index (κ3) is 5.07. The molecule has 0 saturated carbocycles. The summed E-state index contributed by atoms with van der Waals surface area (Å²) in [6.07, 6.45) is -1.21. The van der Waals surface area contributed by atoms with Gasteiger partial charge in [-0.1, -0.05) is 12.1 Å². The average molecular weight is 265 g/mol. The van der Waals surface area contributed by atoms with Crippen LogP contribution in [0.4, 0.5) is 5.69 Å². The second-order valence-corrected chi connectivity index (χ2v) is 4.35. The predicted octanol–water partition coefficient (Wildman–Crippen LogP) is 0.142. The smallest absolute Gasteiger partial charge is 0.247 e. The molecule has 0 bridgehead atoms. The molecule has 104 valence electrons. The van der Waals surface area contributed by atoms with Gasteiger partial charge < -0.3 is 21.5 Å². The Morgan fingerprint density at radius 3 is 2.68 bits per heavy atom. The minimum absolute atomic E-state index is 0.0808. The van der Waals surface area contributed by atoms with Gasteiger partial charge >= 0.3 is 0 Å². The van der Waals surface area contributed by atoms with Crippen LogP contribution in [0.25, 0.3) is 0 Å². The van der Waals surface area contributed by atoms with Crippen molar-refractivity contribution in [3.05, 3.63) is 29.8 Å². The van der Waals surface area contributed by atoms with Gasteiger partial charge in [0.15, 0.2) is 0 Å². The zero-order chi connectivity index (χ0) is 14.4. The van der Waals surface area contributed by atoms with Crippen molar-refractivity contribution in [1.82, 2.24) is 5.32 Å². The van der Waals surface area contributed by atoms with Crippen LogP contribution in [0.3, 0.4) is 0 Å². The first-order valence-corrected chi connectivity index (χ1v) is 5.98. The van der Waals surface area contributed by atoms with Gasteiger partial charge in [0.1, 0.15) is 6.10 Å². The molecule has 1 aromatic rings. The largest absolute Gasteiger partial charge is 0.382 e. The SMILES string of the molecule is CC(=O)Nc1cccc(C(C)NCC(O)C(N)=O)c1.